The number of piperidine rings is 1. The van der Waals surface area contributed by atoms with E-state index in [9.17, 15) is 14.6 Å². The first-order valence-corrected chi connectivity index (χ1v) is 10.9. The first-order chi connectivity index (χ1) is 16.4. The van der Waals surface area contributed by atoms with Crippen molar-refractivity contribution in [2.24, 2.45) is 5.16 Å². The van der Waals surface area contributed by atoms with Crippen LogP contribution in [0.4, 0.5) is 4.39 Å². The van der Waals surface area contributed by atoms with Gasteiger partial charge in [-0.05, 0) is 55.0 Å². The third-order valence-electron chi connectivity index (χ3n) is 6.16. The van der Waals surface area contributed by atoms with Crippen molar-refractivity contribution in [3.63, 3.8) is 0 Å². The average Bonchev–Trinajstić information content (AvgIpc) is 3.43. The molecule has 1 fully saturated rings. The molecule has 0 amide bonds. The second-order valence-corrected chi connectivity index (χ2v) is 8.45. The average molecular weight is 464 g/mol. The van der Waals surface area contributed by atoms with Gasteiger partial charge in [0.1, 0.15) is 18.2 Å². The van der Waals surface area contributed by atoms with Gasteiger partial charge in [-0.1, -0.05) is 11.2 Å². The lowest BCUT2D eigenvalue weighted by Gasteiger charge is -2.40. The predicted molar refractivity (Wildman–Crippen MR) is 124 cm³/mol. The van der Waals surface area contributed by atoms with Gasteiger partial charge in [0.25, 0.3) is 5.72 Å². The van der Waals surface area contributed by atoms with Crippen molar-refractivity contribution >= 4 is 11.9 Å². The van der Waals surface area contributed by atoms with E-state index in [1.165, 1.54) is 12.1 Å². The fraction of sp³-hybridized carbons (Fsp3) is 0.280. The second kappa shape index (κ2) is 8.58. The Morgan fingerprint density at radius 3 is 2.74 bits per heavy atom. The van der Waals surface area contributed by atoms with Gasteiger partial charge < -0.3 is 29.3 Å². The highest BCUT2D eigenvalue weighted by atomic mass is 19.1. The van der Waals surface area contributed by atoms with E-state index in [4.69, 9.17) is 9.57 Å². The molecule has 1 saturated heterocycles. The van der Waals surface area contributed by atoms with Gasteiger partial charge >= 0.3 is 0 Å². The summed E-state index contributed by atoms with van der Waals surface area (Å²) in [5.41, 5.74) is 2.58. The van der Waals surface area contributed by atoms with E-state index in [0.717, 1.165) is 22.5 Å². The summed E-state index contributed by atoms with van der Waals surface area (Å²) in [5.74, 6) is 0.802. The summed E-state index contributed by atoms with van der Waals surface area (Å²) in [7, 11) is 1.61. The zero-order chi connectivity index (χ0) is 23.9. The van der Waals surface area contributed by atoms with Crippen LogP contribution in [0.1, 0.15) is 23.2 Å². The molecule has 0 radical (unpaired) electrons. The van der Waals surface area contributed by atoms with Gasteiger partial charge in [0, 0.05) is 23.8 Å². The number of imidazole rings is 1. The van der Waals surface area contributed by atoms with Crippen molar-refractivity contribution in [3.05, 3.63) is 83.2 Å². The number of amidine groups is 1. The number of aliphatic hydroxyl groups excluding tert-OH is 2. The Morgan fingerprint density at radius 2 is 2.06 bits per heavy atom. The Morgan fingerprint density at radius 1 is 1.26 bits per heavy atom. The van der Waals surface area contributed by atoms with Crippen molar-refractivity contribution in [1.82, 2.24) is 14.5 Å². The summed E-state index contributed by atoms with van der Waals surface area (Å²) in [5, 5.41) is 25.2. The zero-order valence-electron chi connectivity index (χ0n) is 18.8. The number of ether oxygens (including phenoxy) is 1. The quantitative estimate of drug-likeness (QED) is 0.603. The van der Waals surface area contributed by atoms with Crippen molar-refractivity contribution in [2.45, 2.75) is 25.2 Å². The van der Waals surface area contributed by atoms with E-state index >= 15 is 0 Å². The maximum absolute atomic E-state index is 13.5. The fourth-order valence-electron chi connectivity index (χ4n) is 4.47. The van der Waals surface area contributed by atoms with Crippen molar-refractivity contribution in [2.75, 3.05) is 20.3 Å². The van der Waals surface area contributed by atoms with Gasteiger partial charge in [-0.15, -0.1) is 0 Å². The van der Waals surface area contributed by atoms with E-state index in [0.29, 0.717) is 23.6 Å². The van der Waals surface area contributed by atoms with Crippen LogP contribution >= 0.6 is 0 Å². The van der Waals surface area contributed by atoms with Crippen LogP contribution in [0.15, 0.2) is 65.7 Å². The molecule has 34 heavy (non-hydrogen) atoms. The number of rotatable bonds is 5. The minimum atomic E-state index is -1.33. The van der Waals surface area contributed by atoms with Crippen LogP contribution in [0, 0.1) is 12.7 Å². The van der Waals surface area contributed by atoms with E-state index in [-0.39, 0.29) is 6.54 Å². The highest BCUT2D eigenvalue weighted by Gasteiger charge is 2.50. The molecule has 2 aliphatic heterocycles. The molecule has 2 aliphatic rings. The smallest absolute Gasteiger partial charge is 0.260 e. The predicted octanol–water partition coefficient (Wildman–Crippen LogP) is 2.97. The first-order valence-electron chi connectivity index (χ1n) is 10.9. The van der Waals surface area contributed by atoms with Crippen LogP contribution in [-0.2, 0) is 10.6 Å². The van der Waals surface area contributed by atoms with Gasteiger partial charge in [-0.2, -0.15) is 0 Å². The number of benzene rings is 2. The molecule has 0 spiro atoms. The number of methoxy groups -OCH3 is 1. The van der Waals surface area contributed by atoms with Gasteiger partial charge in [-0.3, -0.25) is 0 Å². The monoisotopic (exact) mass is 464 g/mol. The molecular formula is C25H25FN4O4. The molecule has 2 aromatic carbocycles. The second-order valence-electron chi connectivity index (χ2n) is 8.45. The molecule has 2 N–H and O–H groups in total. The van der Waals surface area contributed by atoms with E-state index in [2.05, 4.69) is 10.1 Å². The molecular weight excluding hydrogens is 439 g/mol. The van der Waals surface area contributed by atoms with Crippen molar-refractivity contribution in [1.29, 1.82) is 0 Å². The molecule has 0 saturated carbocycles. The van der Waals surface area contributed by atoms with Crippen LogP contribution in [-0.4, -0.2) is 56.9 Å². The summed E-state index contributed by atoms with van der Waals surface area (Å²) in [4.78, 5) is 11.8. The summed E-state index contributed by atoms with van der Waals surface area (Å²) in [6, 6.07) is 11.5. The molecule has 3 aromatic rings. The summed E-state index contributed by atoms with van der Waals surface area (Å²) < 4.78 is 21.0. The zero-order valence-corrected chi connectivity index (χ0v) is 18.8. The lowest BCUT2D eigenvalue weighted by molar-refractivity contribution is -0.144. The molecule has 1 aromatic heterocycles. The van der Waals surface area contributed by atoms with Crippen LogP contribution in [0.2, 0.25) is 0 Å². The maximum Gasteiger partial charge on any atom is 0.260 e. The topological polar surface area (TPSA) is 92.3 Å². The van der Waals surface area contributed by atoms with Gasteiger partial charge in [-0.25, -0.2) is 9.37 Å². The number of oxime groups is 1. The first kappa shape index (κ1) is 22.1. The van der Waals surface area contributed by atoms with E-state index in [1.807, 2.05) is 42.0 Å². The highest BCUT2D eigenvalue weighted by molar-refractivity contribution is 6.03. The molecule has 8 nitrogen and oxygen atoms in total. The SMILES string of the molecule is COc1cc(C=C2C[C@@H](O)CN3C2=NO[C@]3(CO)c2ccc(F)cc2)ccc1-n1cnc(C)c1. The van der Waals surface area contributed by atoms with Crippen molar-refractivity contribution in [3.8, 4) is 11.4 Å². The standard InChI is InChI=1S/C25H25FN4O4/c1-16-12-29(15-27-16)22-8-3-17(10-23(22)33-2)9-18-11-21(32)13-30-24(18)28-34-25(30,14-31)19-4-6-20(26)7-5-19/h3-10,12,15,21,31-32H,11,13-14H2,1-2H3/t21-,25-/m1/s1. The molecule has 0 bridgehead atoms. The Kier molecular flexibility index (Phi) is 5.59. The maximum atomic E-state index is 13.5. The third kappa shape index (κ3) is 3.72. The lowest BCUT2D eigenvalue weighted by atomic mass is 9.93. The fourth-order valence-corrected chi connectivity index (χ4v) is 4.47. The number of aliphatic hydroxyl groups is 2. The third-order valence-corrected chi connectivity index (χ3v) is 6.16. The number of nitrogens with zero attached hydrogens (tertiary/aromatic N) is 4. The summed E-state index contributed by atoms with van der Waals surface area (Å²) >= 11 is 0. The number of hydrogen-bond acceptors (Lipinski definition) is 7. The van der Waals surface area contributed by atoms with Gasteiger partial charge in [0.15, 0.2) is 5.84 Å². The van der Waals surface area contributed by atoms with Gasteiger partial charge in [0.05, 0.1) is 37.5 Å². The minimum absolute atomic E-state index is 0.219. The molecule has 0 unspecified atom stereocenters. The van der Waals surface area contributed by atoms with E-state index in [1.54, 1.807) is 30.5 Å². The Balaban J connectivity index is 1.50. The van der Waals surface area contributed by atoms with Crippen LogP contribution in [0.5, 0.6) is 5.75 Å². The largest absolute Gasteiger partial charge is 0.495 e. The molecule has 0 aliphatic carbocycles. The van der Waals surface area contributed by atoms with Crippen LogP contribution in [0.25, 0.3) is 11.8 Å². The van der Waals surface area contributed by atoms with Crippen molar-refractivity contribution < 1.29 is 24.2 Å². The number of aryl methyl sites for hydroxylation is 1. The molecule has 9 heteroatoms. The minimum Gasteiger partial charge on any atom is -0.495 e. The summed E-state index contributed by atoms with van der Waals surface area (Å²) in [6.07, 6.45) is 5.23. The highest BCUT2D eigenvalue weighted by Crippen LogP contribution is 2.40. The number of aromatic nitrogens is 2. The summed E-state index contributed by atoms with van der Waals surface area (Å²) in [6.45, 7) is 1.72. The van der Waals surface area contributed by atoms with Crippen LogP contribution in [0.3, 0.4) is 0 Å². The van der Waals surface area contributed by atoms with Crippen LogP contribution < -0.4 is 4.74 Å². The molecule has 5 rings (SSSR count). The lowest BCUT2D eigenvalue weighted by Crippen LogP contribution is -2.54. The number of hydrogen-bond donors (Lipinski definition) is 2. The number of fused-ring (bicyclic) bond motifs is 1. The van der Waals surface area contributed by atoms with E-state index < -0.39 is 24.3 Å². The Bertz CT molecular complexity index is 1270. The molecule has 2 atom stereocenters. The Labute approximate surface area is 196 Å². The molecule has 3 heterocycles. The molecule has 176 valence electrons. The normalized spacial score (nSPS) is 23.0. The Hall–Kier alpha value is -3.69. The number of halogens is 1. The van der Waals surface area contributed by atoms with Gasteiger partial charge in [0.2, 0.25) is 0 Å².